The molecule has 0 fully saturated rings. The number of benzene rings is 2. The molecule has 2 aromatic rings. The van der Waals surface area contributed by atoms with Gasteiger partial charge in [-0.05, 0) is 30.3 Å². The van der Waals surface area contributed by atoms with E-state index in [4.69, 9.17) is 14.2 Å². The molecule has 114 valence electrons. The average Bonchev–Trinajstić information content (AvgIpc) is 2.95. The molecule has 2 aromatic carbocycles. The first kappa shape index (κ1) is 14.6. The number of rotatable bonds is 4. The molecule has 0 saturated carbocycles. The summed E-state index contributed by atoms with van der Waals surface area (Å²) in [6.07, 6.45) is 0. The van der Waals surface area contributed by atoms with Crippen LogP contribution >= 0.6 is 15.9 Å². The molecule has 0 atom stereocenters. The van der Waals surface area contributed by atoms with Gasteiger partial charge in [0.25, 0.3) is 5.91 Å². The lowest BCUT2D eigenvalue weighted by Crippen LogP contribution is -2.20. The van der Waals surface area contributed by atoms with Crippen LogP contribution < -0.4 is 19.5 Å². The van der Waals surface area contributed by atoms with Crippen LogP contribution in [0, 0.1) is 5.82 Å². The Hall–Kier alpha value is -2.28. The lowest BCUT2D eigenvalue weighted by atomic mass is 10.3. The van der Waals surface area contributed by atoms with Crippen molar-refractivity contribution in [2.24, 2.45) is 0 Å². The second-order valence-electron chi connectivity index (χ2n) is 4.48. The molecule has 1 heterocycles. The SMILES string of the molecule is O=C(COc1ccc2c(c1)OCO2)Nc1ccc(Br)cc1F. The number of hydrogen-bond acceptors (Lipinski definition) is 4. The quantitative estimate of drug-likeness (QED) is 0.900. The number of carbonyl (C=O) groups is 1. The van der Waals surface area contributed by atoms with E-state index in [1.165, 1.54) is 12.1 Å². The van der Waals surface area contributed by atoms with E-state index in [-0.39, 0.29) is 19.1 Å². The topological polar surface area (TPSA) is 56.8 Å². The summed E-state index contributed by atoms with van der Waals surface area (Å²) in [6, 6.07) is 9.38. The van der Waals surface area contributed by atoms with Gasteiger partial charge >= 0.3 is 0 Å². The zero-order chi connectivity index (χ0) is 15.5. The molecule has 0 aliphatic carbocycles. The highest BCUT2D eigenvalue weighted by Crippen LogP contribution is 2.35. The van der Waals surface area contributed by atoms with Gasteiger partial charge in [-0.3, -0.25) is 4.79 Å². The van der Waals surface area contributed by atoms with Crippen LogP contribution in [0.3, 0.4) is 0 Å². The van der Waals surface area contributed by atoms with Gasteiger partial charge in [-0.25, -0.2) is 4.39 Å². The van der Waals surface area contributed by atoms with E-state index in [9.17, 15) is 9.18 Å². The molecule has 1 aliphatic heterocycles. The molecular weight excluding hydrogens is 357 g/mol. The minimum Gasteiger partial charge on any atom is -0.484 e. The number of anilines is 1. The molecular formula is C15H11BrFNO4. The summed E-state index contributed by atoms with van der Waals surface area (Å²) in [4.78, 5) is 11.8. The predicted molar refractivity (Wildman–Crippen MR) is 80.8 cm³/mol. The highest BCUT2D eigenvalue weighted by Gasteiger charge is 2.14. The van der Waals surface area contributed by atoms with Crippen LogP contribution in [0.4, 0.5) is 10.1 Å². The molecule has 7 heteroatoms. The maximum absolute atomic E-state index is 13.6. The Labute approximate surface area is 134 Å². The van der Waals surface area contributed by atoms with Crippen molar-refractivity contribution in [1.82, 2.24) is 0 Å². The highest BCUT2D eigenvalue weighted by molar-refractivity contribution is 9.10. The monoisotopic (exact) mass is 367 g/mol. The van der Waals surface area contributed by atoms with Gasteiger partial charge in [-0.15, -0.1) is 0 Å². The van der Waals surface area contributed by atoms with Gasteiger partial charge in [-0.1, -0.05) is 15.9 Å². The summed E-state index contributed by atoms with van der Waals surface area (Å²) in [5.41, 5.74) is 0.0995. The maximum Gasteiger partial charge on any atom is 0.262 e. The molecule has 0 radical (unpaired) electrons. The van der Waals surface area contributed by atoms with E-state index in [0.717, 1.165) is 0 Å². The average molecular weight is 368 g/mol. The normalized spacial score (nSPS) is 12.1. The maximum atomic E-state index is 13.6. The summed E-state index contributed by atoms with van der Waals surface area (Å²) in [5, 5.41) is 2.44. The van der Waals surface area contributed by atoms with Crippen molar-refractivity contribution < 1.29 is 23.4 Å². The third kappa shape index (κ3) is 3.30. The summed E-state index contributed by atoms with van der Waals surface area (Å²) in [7, 11) is 0. The molecule has 22 heavy (non-hydrogen) atoms. The van der Waals surface area contributed by atoms with E-state index in [2.05, 4.69) is 21.2 Å². The van der Waals surface area contributed by atoms with E-state index in [1.807, 2.05) is 0 Å². The van der Waals surface area contributed by atoms with Crippen molar-refractivity contribution in [1.29, 1.82) is 0 Å². The summed E-state index contributed by atoms with van der Waals surface area (Å²) >= 11 is 3.15. The van der Waals surface area contributed by atoms with Gasteiger partial charge in [0.1, 0.15) is 11.6 Å². The molecule has 5 nitrogen and oxygen atoms in total. The molecule has 0 spiro atoms. The smallest absolute Gasteiger partial charge is 0.262 e. The van der Waals surface area contributed by atoms with E-state index >= 15 is 0 Å². The van der Waals surface area contributed by atoms with Gasteiger partial charge in [-0.2, -0.15) is 0 Å². The third-order valence-corrected chi connectivity index (χ3v) is 3.41. The second-order valence-corrected chi connectivity index (χ2v) is 5.39. The van der Waals surface area contributed by atoms with Gasteiger partial charge in [0, 0.05) is 10.5 Å². The first-order valence-corrected chi connectivity index (χ1v) is 7.18. The van der Waals surface area contributed by atoms with Crippen molar-refractivity contribution in [3.8, 4) is 17.2 Å². The van der Waals surface area contributed by atoms with Crippen molar-refractivity contribution in [2.45, 2.75) is 0 Å². The lowest BCUT2D eigenvalue weighted by molar-refractivity contribution is -0.118. The van der Waals surface area contributed by atoms with Crippen molar-refractivity contribution >= 4 is 27.5 Å². The zero-order valence-corrected chi connectivity index (χ0v) is 12.9. The summed E-state index contributed by atoms with van der Waals surface area (Å²) in [5.74, 6) is 0.686. The van der Waals surface area contributed by atoms with E-state index in [1.54, 1.807) is 24.3 Å². The largest absolute Gasteiger partial charge is 0.484 e. The van der Waals surface area contributed by atoms with Gasteiger partial charge in [0.15, 0.2) is 18.1 Å². The molecule has 0 bridgehead atoms. The minimum absolute atomic E-state index is 0.0995. The van der Waals surface area contributed by atoms with Crippen LogP contribution in [0.1, 0.15) is 0 Å². The second kappa shape index (κ2) is 6.23. The Balaban J connectivity index is 1.58. The molecule has 3 rings (SSSR count). The fraction of sp³-hybridized carbons (Fsp3) is 0.133. The Bertz CT molecular complexity index is 723. The lowest BCUT2D eigenvalue weighted by Gasteiger charge is -2.09. The van der Waals surface area contributed by atoms with E-state index < -0.39 is 11.7 Å². The van der Waals surface area contributed by atoms with Crippen LogP contribution in [-0.2, 0) is 4.79 Å². The van der Waals surface area contributed by atoms with E-state index in [0.29, 0.717) is 21.7 Å². The van der Waals surface area contributed by atoms with Crippen LogP contribution in [0.25, 0.3) is 0 Å². The molecule has 0 aromatic heterocycles. The number of carbonyl (C=O) groups excluding carboxylic acids is 1. The standard InChI is InChI=1S/C15H11BrFNO4/c16-9-1-3-12(11(17)5-9)18-15(19)7-20-10-2-4-13-14(6-10)22-8-21-13/h1-6H,7-8H2,(H,18,19). The molecule has 0 unspecified atom stereocenters. The van der Waals surface area contributed by atoms with Crippen LogP contribution in [0.5, 0.6) is 17.2 Å². The van der Waals surface area contributed by atoms with Crippen LogP contribution in [0.15, 0.2) is 40.9 Å². The highest BCUT2D eigenvalue weighted by atomic mass is 79.9. The fourth-order valence-electron chi connectivity index (χ4n) is 1.89. The van der Waals surface area contributed by atoms with Gasteiger partial charge in [0.05, 0.1) is 5.69 Å². The number of nitrogens with one attached hydrogen (secondary N) is 1. The van der Waals surface area contributed by atoms with Crippen LogP contribution in [0.2, 0.25) is 0 Å². The molecule has 1 amide bonds. The van der Waals surface area contributed by atoms with Crippen molar-refractivity contribution in [3.63, 3.8) is 0 Å². The van der Waals surface area contributed by atoms with Gasteiger partial charge < -0.3 is 19.5 Å². The van der Waals surface area contributed by atoms with Gasteiger partial charge in [0.2, 0.25) is 6.79 Å². The Morgan fingerprint density at radius 1 is 1.23 bits per heavy atom. The fourth-order valence-corrected chi connectivity index (χ4v) is 2.23. The number of ether oxygens (including phenoxy) is 3. The molecule has 0 saturated heterocycles. The summed E-state index contributed by atoms with van der Waals surface area (Å²) < 4.78 is 29.9. The minimum atomic E-state index is -0.522. The third-order valence-electron chi connectivity index (χ3n) is 2.92. The van der Waals surface area contributed by atoms with Crippen molar-refractivity contribution in [2.75, 3.05) is 18.7 Å². The summed E-state index contributed by atoms with van der Waals surface area (Å²) in [6.45, 7) is -0.0722. The predicted octanol–water partition coefficient (Wildman–Crippen LogP) is 3.33. The Kier molecular flexibility index (Phi) is 4.15. The number of fused-ring (bicyclic) bond motifs is 1. The number of halogens is 2. The molecule has 1 aliphatic rings. The number of amides is 1. The molecule has 1 N–H and O–H groups in total. The van der Waals surface area contributed by atoms with Crippen molar-refractivity contribution in [3.05, 3.63) is 46.7 Å². The Morgan fingerprint density at radius 3 is 2.86 bits per heavy atom. The first-order valence-electron chi connectivity index (χ1n) is 6.39. The zero-order valence-electron chi connectivity index (χ0n) is 11.3. The first-order chi connectivity index (χ1) is 10.6. The Morgan fingerprint density at radius 2 is 2.05 bits per heavy atom. The van der Waals surface area contributed by atoms with Crippen LogP contribution in [-0.4, -0.2) is 19.3 Å². The number of hydrogen-bond donors (Lipinski definition) is 1.